The molecule has 1 amide bonds. The van der Waals surface area contributed by atoms with Gasteiger partial charge in [-0.25, -0.2) is 4.98 Å². The molecule has 5 rings (SSSR count). The average Bonchev–Trinajstić information content (AvgIpc) is 3.29. The first-order chi connectivity index (χ1) is 13.7. The molecule has 28 heavy (non-hydrogen) atoms. The van der Waals surface area contributed by atoms with Crippen molar-refractivity contribution < 1.29 is 4.79 Å². The van der Waals surface area contributed by atoms with Gasteiger partial charge in [0.1, 0.15) is 0 Å². The van der Waals surface area contributed by atoms with Gasteiger partial charge in [0, 0.05) is 10.3 Å². The van der Waals surface area contributed by atoms with Crippen molar-refractivity contribution >= 4 is 55.1 Å². The fourth-order valence-corrected chi connectivity index (χ4v) is 5.60. The molecule has 0 saturated heterocycles. The Kier molecular flexibility index (Phi) is 4.57. The Morgan fingerprint density at radius 1 is 1.14 bits per heavy atom. The molecule has 0 atom stereocenters. The van der Waals surface area contributed by atoms with E-state index >= 15 is 0 Å². The van der Waals surface area contributed by atoms with Gasteiger partial charge in [0.2, 0.25) is 5.91 Å². The fraction of sp³-hybridized carbons (Fsp3) is 0.217. The zero-order chi connectivity index (χ0) is 19.1. The first-order valence-corrected chi connectivity index (χ1v) is 11.4. The molecule has 0 bridgehead atoms. The summed E-state index contributed by atoms with van der Waals surface area (Å²) in [5.41, 5.74) is 4.84. The monoisotopic (exact) mass is 404 g/mol. The maximum atomic E-state index is 12.5. The van der Waals surface area contributed by atoms with Crippen LogP contribution >= 0.6 is 23.1 Å². The molecule has 0 fully saturated rings. The minimum absolute atomic E-state index is 0.0211. The smallest absolute Gasteiger partial charge is 0.230 e. The van der Waals surface area contributed by atoms with Gasteiger partial charge in [-0.2, -0.15) is 0 Å². The Morgan fingerprint density at radius 3 is 2.79 bits per heavy atom. The molecule has 0 aliphatic heterocycles. The predicted octanol–water partition coefficient (Wildman–Crippen LogP) is 5.84. The van der Waals surface area contributed by atoms with Crippen LogP contribution in [0.4, 0.5) is 5.13 Å². The third-order valence-electron chi connectivity index (χ3n) is 5.19. The van der Waals surface area contributed by atoms with Crippen molar-refractivity contribution in [3.05, 3.63) is 65.2 Å². The molecular formula is C23H20N2OS2. The van der Waals surface area contributed by atoms with E-state index in [0.29, 0.717) is 11.6 Å². The third-order valence-corrected chi connectivity index (χ3v) is 7.01. The molecule has 1 N–H and O–H groups in total. The standard InChI is InChI=1S/C23H20N2OS2/c1-2-27-17-10-6-14(7-11-17)12-20(26)24-23-25-22-18-5-3-4-15-8-9-16(21(15)18)13-19(22)28-23/h3-7,10-11,13H,2,8-9,12H2,1H3,(H,24,25,26). The van der Waals surface area contributed by atoms with Crippen LogP contribution in [0.2, 0.25) is 0 Å². The highest BCUT2D eigenvalue weighted by Crippen LogP contribution is 2.39. The number of carbonyl (C=O) groups is 1. The second-order valence-electron chi connectivity index (χ2n) is 7.04. The average molecular weight is 405 g/mol. The highest BCUT2D eigenvalue weighted by molar-refractivity contribution is 7.99. The summed E-state index contributed by atoms with van der Waals surface area (Å²) in [6, 6.07) is 17.0. The number of hydrogen-bond acceptors (Lipinski definition) is 4. The Labute approximate surface area is 172 Å². The molecule has 1 aromatic heterocycles. The van der Waals surface area contributed by atoms with Gasteiger partial charge in [-0.15, -0.1) is 11.8 Å². The third kappa shape index (κ3) is 3.19. The normalized spacial score (nSPS) is 12.8. The van der Waals surface area contributed by atoms with E-state index in [9.17, 15) is 4.79 Å². The van der Waals surface area contributed by atoms with Crippen molar-refractivity contribution in [3.63, 3.8) is 0 Å². The van der Waals surface area contributed by atoms with Crippen LogP contribution in [0.3, 0.4) is 0 Å². The number of thioether (sulfide) groups is 1. The van der Waals surface area contributed by atoms with Crippen LogP contribution < -0.4 is 5.32 Å². The summed E-state index contributed by atoms with van der Waals surface area (Å²) in [6.07, 6.45) is 2.57. The van der Waals surface area contributed by atoms with E-state index in [2.05, 4.69) is 48.6 Å². The van der Waals surface area contributed by atoms with E-state index in [1.165, 1.54) is 26.8 Å². The molecule has 5 heteroatoms. The van der Waals surface area contributed by atoms with E-state index in [0.717, 1.165) is 34.4 Å². The number of anilines is 1. The summed E-state index contributed by atoms with van der Waals surface area (Å²) in [7, 11) is 0. The first-order valence-electron chi connectivity index (χ1n) is 9.57. The second kappa shape index (κ2) is 7.22. The van der Waals surface area contributed by atoms with Crippen molar-refractivity contribution in [2.45, 2.75) is 31.1 Å². The Morgan fingerprint density at radius 2 is 1.96 bits per heavy atom. The highest BCUT2D eigenvalue weighted by atomic mass is 32.2. The number of aromatic nitrogens is 1. The lowest BCUT2D eigenvalue weighted by molar-refractivity contribution is -0.115. The number of rotatable bonds is 5. The van der Waals surface area contributed by atoms with Gasteiger partial charge in [0.25, 0.3) is 0 Å². The predicted molar refractivity (Wildman–Crippen MR) is 120 cm³/mol. The van der Waals surface area contributed by atoms with Crippen LogP contribution in [-0.2, 0) is 24.1 Å². The number of hydrogen-bond donors (Lipinski definition) is 1. The SMILES string of the molecule is CCSc1ccc(CC(=O)Nc2nc3c(cc4c5c(cccc53)CC4)s2)cc1. The van der Waals surface area contributed by atoms with Crippen LogP contribution in [0.25, 0.3) is 21.0 Å². The van der Waals surface area contributed by atoms with Crippen molar-refractivity contribution in [1.82, 2.24) is 4.98 Å². The maximum absolute atomic E-state index is 12.5. The van der Waals surface area contributed by atoms with Crippen molar-refractivity contribution in [2.75, 3.05) is 11.1 Å². The van der Waals surface area contributed by atoms with Crippen LogP contribution in [-0.4, -0.2) is 16.6 Å². The lowest BCUT2D eigenvalue weighted by Gasteiger charge is -2.03. The Bertz CT molecular complexity index is 1190. The zero-order valence-electron chi connectivity index (χ0n) is 15.6. The number of benzene rings is 3. The molecule has 3 aromatic carbocycles. The molecule has 1 aliphatic carbocycles. The summed E-state index contributed by atoms with van der Waals surface area (Å²) in [5, 5.41) is 6.26. The van der Waals surface area contributed by atoms with Crippen LogP contribution in [0.15, 0.2) is 53.4 Å². The first kappa shape index (κ1) is 17.7. The van der Waals surface area contributed by atoms with Crippen molar-refractivity contribution in [1.29, 1.82) is 0 Å². The van der Waals surface area contributed by atoms with Gasteiger partial charge in [0.05, 0.1) is 16.6 Å². The van der Waals surface area contributed by atoms with Gasteiger partial charge in [-0.05, 0) is 58.9 Å². The number of nitrogens with one attached hydrogen (secondary N) is 1. The number of nitrogens with zero attached hydrogens (tertiary/aromatic N) is 1. The minimum atomic E-state index is -0.0211. The maximum Gasteiger partial charge on any atom is 0.230 e. The number of thiazole rings is 1. The van der Waals surface area contributed by atoms with Crippen molar-refractivity contribution in [2.24, 2.45) is 0 Å². The molecule has 140 valence electrons. The van der Waals surface area contributed by atoms with Crippen molar-refractivity contribution in [3.8, 4) is 0 Å². The quantitative estimate of drug-likeness (QED) is 0.425. The van der Waals surface area contributed by atoms with E-state index < -0.39 is 0 Å². The number of carbonyl (C=O) groups excluding carboxylic acids is 1. The van der Waals surface area contributed by atoms with Crippen LogP contribution in [0, 0.1) is 0 Å². The molecule has 4 aromatic rings. The van der Waals surface area contributed by atoms with Gasteiger partial charge < -0.3 is 5.32 Å². The topological polar surface area (TPSA) is 42.0 Å². The minimum Gasteiger partial charge on any atom is -0.302 e. The fourth-order valence-electron chi connectivity index (χ4n) is 3.98. The second-order valence-corrected chi connectivity index (χ2v) is 9.41. The molecular weight excluding hydrogens is 384 g/mol. The molecule has 0 saturated carbocycles. The molecule has 0 radical (unpaired) electrons. The number of fused-ring (bicyclic) bond motifs is 2. The van der Waals surface area contributed by atoms with Gasteiger partial charge in [0.15, 0.2) is 5.13 Å². The summed E-state index contributed by atoms with van der Waals surface area (Å²) < 4.78 is 1.15. The zero-order valence-corrected chi connectivity index (χ0v) is 17.3. The summed E-state index contributed by atoms with van der Waals surface area (Å²) >= 11 is 3.37. The lowest BCUT2D eigenvalue weighted by Crippen LogP contribution is -2.14. The molecule has 1 heterocycles. The van der Waals surface area contributed by atoms with Crippen LogP contribution in [0.5, 0.6) is 0 Å². The summed E-state index contributed by atoms with van der Waals surface area (Å²) in [4.78, 5) is 18.5. The molecule has 3 nitrogen and oxygen atoms in total. The number of aryl methyl sites for hydroxylation is 2. The number of amides is 1. The largest absolute Gasteiger partial charge is 0.302 e. The van der Waals surface area contributed by atoms with Gasteiger partial charge in [-0.1, -0.05) is 48.6 Å². The lowest BCUT2D eigenvalue weighted by atomic mass is 10.0. The van der Waals surface area contributed by atoms with Gasteiger partial charge >= 0.3 is 0 Å². The van der Waals surface area contributed by atoms with E-state index in [4.69, 9.17) is 4.98 Å². The van der Waals surface area contributed by atoms with E-state index in [1.807, 2.05) is 12.1 Å². The molecule has 0 spiro atoms. The molecule has 1 aliphatic rings. The van der Waals surface area contributed by atoms with E-state index in [-0.39, 0.29) is 5.91 Å². The van der Waals surface area contributed by atoms with Crippen LogP contribution in [0.1, 0.15) is 23.6 Å². The Balaban J connectivity index is 1.39. The Hall–Kier alpha value is -2.37. The van der Waals surface area contributed by atoms with Gasteiger partial charge in [-0.3, -0.25) is 4.79 Å². The summed E-state index contributed by atoms with van der Waals surface area (Å²) in [5.74, 6) is 1.03. The molecule has 0 unspecified atom stereocenters. The highest BCUT2D eigenvalue weighted by Gasteiger charge is 2.19. The summed E-state index contributed by atoms with van der Waals surface area (Å²) in [6.45, 7) is 2.14. The van der Waals surface area contributed by atoms with E-state index in [1.54, 1.807) is 23.1 Å².